The fourth-order valence-electron chi connectivity index (χ4n) is 3.08. The van der Waals surface area contributed by atoms with Gasteiger partial charge in [0.25, 0.3) is 0 Å². The van der Waals surface area contributed by atoms with Gasteiger partial charge < -0.3 is 24.8 Å². The van der Waals surface area contributed by atoms with Crippen LogP contribution in [0.4, 0.5) is 4.79 Å². The van der Waals surface area contributed by atoms with Crippen LogP contribution in [0.15, 0.2) is 53.7 Å². The molecule has 2 aromatic rings. The monoisotopic (exact) mass is 416 g/mol. The third-order valence-corrected chi connectivity index (χ3v) is 4.91. The number of esters is 1. The van der Waals surface area contributed by atoms with Crippen LogP contribution in [0.5, 0.6) is 11.5 Å². The number of urea groups is 1. The molecule has 0 radical (unpaired) electrons. The Kier molecular flexibility index (Phi) is 6.29. The zero-order valence-corrected chi connectivity index (χ0v) is 17.0. The van der Waals surface area contributed by atoms with Crippen LogP contribution < -0.4 is 20.1 Å². The molecule has 29 heavy (non-hydrogen) atoms. The standard InChI is InChI=1S/C21H21ClN2O5/c1-12-18(20(25)28-3)19(24-21(26)23-12)13-8-9-16(17(10-13)27-2)29-11-14-6-4-5-7-15(14)22/h4-10,19H,11H2,1-3H3,(H2,23,24,26). The van der Waals surface area contributed by atoms with Crippen molar-refractivity contribution >= 4 is 23.6 Å². The van der Waals surface area contributed by atoms with E-state index in [1.54, 1.807) is 31.2 Å². The molecular formula is C21H21ClN2O5. The van der Waals surface area contributed by atoms with Gasteiger partial charge in [-0.3, -0.25) is 0 Å². The first-order valence-electron chi connectivity index (χ1n) is 8.85. The Balaban J connectivity index is 1.89. The van der Waals surface area contributed by atoms with Crippen molar-refractivity contribution in [1.29, 1.82) is 0 Å². The van der Waals surface area contributed by atoms with E-state index in [0.717, 1.165) is 5.56 Å². The second-order valence-electron chi connectivity index (χ2n) is 6.35. The molecule has 1 aliphatic rings. The molecule has 0 spiro atoms. The first-order chi connectivity index (χ1) is 13.9. The highest BCUT2D eigenvalue weighted by Crippen LogP contribution is 2.35. The van der Waals surface area contributed by atoms with Crippen LogP contribution in [0, 0.1) is 0 Å². The molecule has 2 amide bonds. The summed E-state index contributed by atoms with van der Waals surface area (Å²) in [5, 5.41) is 5.94. The Morgan fingerprint density at radius 2 is 1.90 bits per heavy atom. The van der Waals surface area contributed by atoms with E-state index < -0.39 is 18.0 Å². The minimum atomic E-state index is -0.678. The van der Waals surface area contributed by atoms with Gasteiger partial charge in [0.15, 0.2) is 11.5 Å². The molecular weight excluding hydrogens is 396 g/mol. The number of rotatable bonds is 6. The van der Waals surface area contributed by atoms with Crippen molar-refractivity contribution in [3.63, 3.8) is 0 Å². The number of halogens is 1. The zero-order chi connectivity index (χ0) is 21.0. The van der Waals surface area contributed by atoms with Crippen LogP contribution in [-0.4, -0.2) is 26.2 Å². The molecule has 2 aromatic carbocycles. The van der Waals surface area contributed by atoms with Crippen molar-refractivity contribution in [1.82, 2.24) is 10.6 Å². The summed E-state index contributed by atoms with van der Waals surface area (Å²) in [5.74, 6) is 0.443. The quantitative estimate of drug-likeness (QED) is 0.701. The van der Waals surface area contributed by atoms with Crippen LogP contribution in [0.1, 0.15) is 24.1 Å². The molecule has 0 bridgehead atoms. The van der Waals surface area contributed by atoms with E-state index in [-0.39, 0.29) is 6.61 Å². The predicted molar refractivity (Wildman–Crippen MR) is 108 cm³/mol. The van der Waals surface area contributed by atoms with Gasteiger partial charge in [-0.05, 0) is 30.7 Å². The van der Waals surface area contributed by atoms with Crippen LogP contribution in [0.25, 0.3) is 0 Å². The molecule has 0 aromatic heterocycles. The number of hydrogen-bond acceptors (Lipinski definition) is 5. The molecule has 3 rings (SSSR count). The van der Waals surface area contributed by atoms with Gasteiger partial charge in [0.1, 0.15) is 6.61 Å². The number of amides is 2. The summed E-state index contributed by atoms with van der Waals surface area (Å²) in [7, 11) is 2.81. The number of hydrogen-bond donors (Lipinski definition) is 2. The van der Waals surface area contributed by atoms with Gasteiger partial charge in [-0.1, -0.05) is 35.9 Å². The van der Waals surface area contributed by atoms with Gasteiger partial charge in [0.05, 0.1) is 25.8 Å². The zero-order valence-electron chi connectivity index (χ0n) is 16.2. The molecule has 7 nitrogen and oxygen atoms in total. The van der Waals surface area contributed by atoms with Crippen molar-refractivity contribution < 1.29 is 23.8 Å². The number of nitrogens with one attached hydrogen (secondary N) is 2. The van der Waals surface area contributed by atoms with E-state index >= 15 is 0 Å². The molecule has 0 saturated carbocycles. The Labute approximate surface area is 173 Å². The average molecular weight is 417 g/mol. The Hall–Kier alpha value is -3.19. The number of carbonyl (C=O) groups excluding carboxylic acids is 2. The largest absolute Gasteiger partial charge is 0.493 e. The molecule has 0 fully saturated rings. The summed E-state index contributed by atoms with van der Waals surface area (Å²) in [6.45, 7) is 1.92. The molecule has 0 saturated heterocycles. The smallest absolute Gasteiger partial charge is 0.337 e. The van der Waals surface area contributed by atoms with Crippen molar-refractivity contribution in [3.8, 4) is 11.5 Å². The topological polar surface area (TPSA) is 85.9 Å². The van der Waals surface area contributed by atoms with Gasteiger partial charge in [0, 0.05) is 16.3 Å². The summed E-state index contributed by atoms with van der Waals surface area (Å²) >= 11 is 6.17. The Morgan fingerprint density at radius 3 is 2.59 bits per heavy atom. The maximum atomic E-state index is 12.2. The molecule has 1 heterocycles. The lowest BCUT2D eigenvalue weighted by Gasteiger charge is -2.28. The van der Waals surface area contributed by atoms with Crippen LogP contribution >= 0.6 is 11.6 Å². The number of carbonyl (C=O) groups is 2. The van der Waals surface area contributed by atoms with Gasteiger partial charge in [-0.2, -0.15) is 0 Å². The third kappa shape index (κ3) is 4.46. The van der Waals surface area contributed by atoms with Crippen LogP contribution in [-0.2, 0) is 16.1 Å². The van der Waals surface area contributed by atoms with E-state index in [1.807, 2.05) is 18.2 Å². The number of allylic oxidation sites excluding steroid dienone is 1. The van der Waals surface area contributed by atoms with E-state index in [1.165, 1.54) is 14.2 Å². The van der Waals surface area contributed by atoms with Gasteiger partial charge in [-0.25, -0.2) is 9.59 Å². The summed E-state index contributed by atoms with van der Waals surface area (Å²) < 4.78 is 16.2. The lowest BCUT2D eigenvalue weighted by Crippen LogP contribution is -2.45. The van der Waals surface area contributed by atoms with Gasteiger partial charge >= 0.3 is 12.0 Å². The SMILES string of the molecule is COC(=O)C1=C(C)NC(=O)NC1c1ccc(OCc2ccccc2Cl)c(OC)c1. The van der Waals surface area contributed by atoms with E-state index in [9.17, 15) is 9.59 Å². The summed E-state index contributed by atoms with van der Waals surface area (Å²) in [4.78, 5) is 24.2. The Morgan fingerprint density at radius 1 is 1.14 bits per heavy atom. The molecule has 2 N–H and O–H groups in total. The van der Waals surface area contributed by atoms with Crippen molar-refractivity contribution in [2.75, 3.05) is 14.2 Å². The van der Waals surface area contributed by atoms with E-state index in [0.29, 0.717) is 33.4 Å². The first-order valence-corrected chi connectivity index (χ1v) is 9.23. The summed E-state index contributed by atoms with van der Waals surface area (Å²) in [6.07, 6.45) is 0. The first kappa shape index (κ1) is 20.5. The maximum absolute atomic E-state index is 12.2. The number of benzene rings is 2. The maximum Gasteiger partial charge on any atom is 0.337 e. The lowest BCUT2D eigenvalue weighted by molar-refractivity contribution is -0.136. The normalized spacial score (nSPS) is 16.0. The summed E-state index contributed by atoms with van der Waals surface area (Å²) in [5.41, 5.74) is 2.25. The molecule has 0 aliphatic carbocycles. The number of methoxy groups -OCH3 is 2. The number of ether oxygens (including phenoxy) is 3. The van der Waals surface area contributed by atoms with E-state index in [2.05, 4.69) is 10.6 Å². The average Bonchev–Trinajstić information content (AvgIpc) is 2.72. The highest BCUT2D eigenvalue weighted by molar-refractivity contribution is 6.31. The summed E-state index contributed by atoms with van der Waals surface area (Å²) in [6, 6.07) is 11.5. The van der Waals surface area contributed by atoms with Crippen LogP contribution in [0.2, 0.25) is 5.02 Å². The van der Waals surface area contributed by atoms with Crippen molar-refractivity contribution in [3.05, 3.63) is 69.9 Å². The highest BCUT2D eigenvalue weighted by atomic mass is 35.5. The van der Waals surface area contributed by atoms with Crippen molar-refractivity contribution in [2.45, 2.75) is 19.6 Å². The molecule has 8 heteroatoms. The predicted octanol–water partition coefficient (Wildman–Crippen LogP) is 3.73. The minimum absolute atomic E-state index is 0.270. The van der Waals surface area contributed by atoms with Gasteiger partial charge in [0.2, 0.25) is 0 Å². The van der Waals surface area contributed by atoms with Crippen molar-refractivity contribution in [2.24, 2.45) is 0 Å². The molecule has 1 atom stereocenters. The van der Waals surface area contributed by atoms with E-state index in [4.69, 9.17) is 25.8 Å². The molecule has 1 unspecified atom stereocenters. The molecule has 152 valence electrons. The second-order valence-corrected chi connectivity index (χ2v) is 6.76. The highest BCUT2D eigenvalue weighted by Gasteiger charge is 2.32. The fourth-order valence-corrected chi connectivity index (χ4v) is 3.27. The fraction of sp³-hybridized carbons (Fsp3) is 0.238. The second kappa shape index (κ2) is 8.87. The van der Waals surface area contributed by atoms with Gasteiger partial charge in [-0.15, -0.1) is 0 Å². The lowest BCUT2D eigenvalue weighted by atomic mass is 9.95. The molecule has 1 aliphatic heterocycles. The minimum Gasteiger partial charge on any atom is -0.493 e. The van der Waals surface area contributed by atoms with Crippen LogP contribution in [0.3, 0.4) is 0 Å². The Bertz CT molecular complexity index is 973. The third-order valence-electron chi connectivity index (χ3n) is 4.54.